The van der Waals surface area contributed by atoms with E-state index in [1.807, 2.05) is 13.1 Å². The van der Waals surface area contributed by atoms with E-state index in [1.165, 1.54) is 25.9 Å². The number of furan rings is 1. The van der Waals surface area contributed by atoms with E-state index >= 15 is 0 Å². The van der Waals surface area contributed by atoms with Crippen LogP contribution in [0.5, 0.6) is 0 Å². The third kappa shape index (κ3) is 4.55. The van der Waals surface area contributed by atoms with Gasteiger partial charge >= 0.3 is 6.03 Å². The SMILES string of the molecule is CN1CCC(N(C)CCN(C)C(=O)N[C@@H]2CCCc3occc32)CC1. The van der Waals surface area contributed by atoms with Gasteiger partial charge in [0.2, 0.25) is 0 Å². The summed E-state index contributed by atoms with van der Waals surface area (Å²) in [6, 6.07) is 2.73. The quantitative estimate of drug-likeness (QED) is 0.887. The molecule has 0 bridgehead atoms. The Morgan fingerprint density at radius 3 is 2.80 bits per heavy atom. The predicted molar refractivity (Wildman–Crippen MR) is 98.7 cm³/mol. The average Bonchev–Trinajstić information content (AvgIpc) is 3.09. The molecule has 6 nitrogen and oxygen atoms in total. The van der Waals surface area contributed by atoms with Crippen molar-refractivity contribution in [3.63, 3.8) is 0 Å². The molecule has 1 aliphatic heterocycles. The molecule has 1 N–H and O–H groups in total. The zero-order valence-corrected chi connectivity index (χ0v) is 15.8. The largest absolute Gasteiger partial charge is 0.469 e. The van der Waals surface area contributed by atoms with Crippen LogP contribution in [-0.4, -0.2) is 74.1 Å². The van der Waals surface area contributed by atoms with Crippen molar-refractivity contribution in [3.8, 4) is 0 Å². The molecule has 1 aliphatic carbocycles. The summed E-state index contributed by atoms with van der Waals surface area (Å²) in [5, 5.41) is 3.17. The minimum atomic E-state index is 0.0100. The molecule has 3 rings (SSSR count). The maximum atomic E-state index is 12.5. The maximum Gasteiger partial charge on any atom is 0.317 e. The summed E-state index contributed by atoms with van der Waals surface area (Å²) in [6.45, 7) is 4.00. The Morgan fingerprint density at radius 1 is 1.28 bits per heavy atom. The van der Waals surface area contributed by atoms with E-state index in [0.29, 0.717) is 6.04 Å². The highest BCUT2D eigenvalue weighted by molar-refractivity contribution is 5.74. The van der Waals surface area contributed by atoms with Gasteiger partial charge in [0.25, 0.3) is 0 Å². The lowest BCUT2D eigenvalue weighted by molar-refractivity contribution is 0.134. The van der Waals surface area contributed by atoms with Gasteiger partial charge in [0, 0.05) is 38.2 Å². The summed E-state index contributed by atoms with van der Waals surface area (Å²) in [6.07, 6.45) is 7.19. The smallest absolute Gasteiger partial charge is 0.317 e. The summed E-state index contributed by atoms with van der Waals surface area (Å²) in [7, 11) is 6.25. The molecule has 25 heavy (non-hydrogen) atoms. The van der Waals surface area contributed by atoms with Crippen LogP contribution in [0, 0.1) is 0 Å². The van der Waals surface area contributed by atoms with E-state index < -0.39 is 0 Å². The van der Waals surface area contributed by atoms with Crippen molar-refractivity contribution in [3.05, 3.63) is 23.7 Å². The number of amides is 2. The van der Waals surface area contributed by atoms with Crippen LogP contribution in [0.25, 0.3) is 0 Å². The molecule has 6 heteroatoms. The summed E-state index contributed by atoms with van der Waals surface area (Å²) in [5.74, 6) is 1.03. The van der Waals surface area contributed by atoms with Crippen molar-refractivity contribution in [2.45, 2.75) is 44.2 Å². The third-order valence-corrected chi connectivity index (χ3v) is 5.80. The molecule has 0 radical (unpaired) electrons. The first-order chi connectivity index (χ1) is 12.0. The van der Waals surface area contributed by atoms with Crippen molar-refractivity contribution < 1.29 is 9.21 Å². The number of nitrogens with zero attached hydrogens (tertiary/aromatic N) is 3. The monoisotopic (exact) mass is 348 g/mol. The van der Waals surface area contributed by atoms with Gasteiger partial charge in [0.15, 0.2) is 0 Å². The lowest BCUT2D eigenvalue weighted by atomic mass is 9.93. The van der Waals surface area contributed by atoms with E-state index in [2.05, 4.69) is 29.2 Å². The van der Waals surface area contributed by atoms with Crippen LogP contribution in [0.4, 0.5) is 4.79 Å². The Labute approximate surface area is 151 Å². The second-order valence-corrected chi connectivity index (χ2v) is 7.63. The highest BCUT2D eigenvalue weighted by Gasteiger charge is 2.25. The molecule has 0 unspecified atom stereocenters. The third-order valence-electron chi connectivity index (χ3n) is 5.80. The van der Waals surface area contributed by atoms with E-state index in [-0.39, 0.29) is 12.1 Å². The van der Waals surface area contributed by atoms with E-state index in [0.717, 1.165) is 43.7 Å². The van der Waals surface area contributed by atoms with Crippen LogP contribution < -0.4 is 5.32 Å². The number of nitrogens with one attached hydrogen (secondary N) is 1. The number of aryl methyl sites for hydroxylation is 1. The average molecular weight is 348 g/mol. The molecular formula is C19H32N4O2. The van der Waals surface area contributed by atoms with Crippen molar-refractivity contribution in [2.24, 2.45) is 0 Å². The van der Waals surface area contributed by atoms with Crippen LogP contribution in [0.15, 0.2) is 16.7 Å². The Hall–Kier alpha value is -1.53. The fourth-order valence-corrected chi connectivity index (χ4v) is 3.92. The Balaban J connectivity index is 1.44. The molecule has 2 aliphatic rings. The molecule has 0 spiro atoms. The van der Waals surface area contributed by atoms with Gasteiger partial charge < -0.3 is 24.4 Å². The van der Waals surface area contributed by atoms with Crippen LogP contribution >= 0.6 is 0 Å². The first kappa shape index (κ1) is 18.3. The molecule has 2 amide bonds. The Bertz CT molecular complexity index is 566. The first-order valence-corrected chi connectivity index (χ1v) is 9.51. The maximum absolute atomic E-state index is 12.5. The molecule has 1 aromatic rings. The number of likely N-dealkylation sites (N-methyl/N-ethyl adjacent to an activating group) is 2. The second-order valence-electron chi connectivity index (χ2n) is 7.63. The molecular weight excluding hydrogens is 316 g/mol. The van der Waals surface area contributed by atoms with Gasteiger partial charge in [0.1, 0.15) is 5.76 Å². The number of carbonyl (C=O) groups is 1. The molecule has 2 heterocycles. The fraction of sp³-hybridized carbons (Fsp3) is 0.737. The van der Waals surface area contributed by atoms with Crippen LogP contribution in [0.1, 0.15) is 43.0 Å². The standard InChI is InChI=1S/C19H32N4O2/c1-21-10-7-15(8-11-21)22(2)12-13-23(3)19(24)20-17-5-4-6-18-16(17)9-14-25-18/h9,14-15,17H,4-8,10-13H2,1-3H3,(H,20,24)/t17-/m1/s1. The molecule has 140 valence electrons. The van der Waals surface area contributed by atoms with Gasteiger partial charge in [-0.05, 0) is 58.9 Å². The summed E-state index contributed by atoms with van der Waals surface area (Å²) >= 11 is 0. The molecule has 0 saturated carbocycles. The van der Waals surface area contributed by atoms with Crippen LogP contribution in [0.3, 0.4) is 0 Å². The number of likely N-dealkylation sites (tertiary alicyclic amines) is 1. The van der Waals surface area contributed by atoms with E-state index in [4.69, 9.17) is 4.42 Å². The highest BCUT2D eigenvalue weighted by Crippen LogP contribution is 2.30. The second kappa shape index (κ2) is 8.23. The predicted octanol–water partition coefficient (Wildman–Crippen LogP) is 2.32. The number of hydrogen-bond donors (Lipinski definition) is 1. The minimum absolute atomic E-state index is 0.0100. The summed E-state index contributed by atoms with van der Waals surface area (Å²) in [5.41, 5.74) is 1.15. The molecule has 1 aromatic heterocycles. The van der Waals surface area contributed by atoms with E-state index in [9.17, 15) is 4.79 Å². The molecule has 1 saturated heterocycles. The topological polar surface area (TPSA) is 52.0 Å². The number of hydrogen-bond acceptors (Lipinski definition) is 4. The first-order valence-electron chi connectivity index (χ1n) is 9.51. The number of rotatable bonds is 5. The van der Waals surface area contributed by atoms with Crippen LogP contribution in [0.2, 0.25) is 0 Å². The zero-order chi connectivity index (χ0) is 17.8. The number of fused-ring (bicyclic) bond motifs is 1. The molecule has 1 fully saturated rings. The highest BCUT2D eigenvalue weighted by atomic mass is 16.3. The molecule has 1 atom stereocenters. The number of urea groups is 1. The van der Waals surface area contributed by atoms with Crippen molar-refractivity contribution in [1.29, 1.82) is 0 Å². The lowest BCUT2D eigenvalue weighted by Crippen LogP contribution is -2.46. The van der Waals surface area contributed by atoms with Gasteiger partial charge in [-0.1, -0.05) is 0 Å². The lowest BCUT2D eigenvalue weighted by Gasteiger charge is -2.36. The van der Waals surface area contributed by atoms with Gasteiger partial charge in [-0.25, -0.2) is 4.79 Å². The Kier molecular flexibility index (Phi) is 6.02. The zero-order valence-electron chi connectivity index (χ0n) is 15.8. The van der Waals surface area contributed by atoms with Gasteiger partial charge in [-0.15, -0.1) is 0 Å². The summed E-state index contributed by atoms with van der Waals surface area (Å²) < 4.78 is 5.51. The van der Waals surface area contributed by atoms with E-state index in [1.54, 1.807) is 11.2 Å². The van der Waals surface area contributed by atoms with Gasteiger partial charge in [-0.2, -0.15) is 0 Å². The minimum Gasteiger partial charge on any atom is -0.469 e. The van der Waals surface area contributed by atoms with Gasteiger partial charge in [-0.3, -0.25) is 0 Å². The van der Waals surface area contributed by atoms with Crippen LogP contribution in [-0.2, 0) is 6.42 Å². The van der Waals surface area contributed by atoms with Crippen molar-refractivity contribution in [1.82, 2.24) is 20.0 Å². The number of carbonyl (C=O) groups excluding carboxylic acids is 1. The molecule has 0 aromatic carbocycles. The van der Waals surface area contributed by atoms with Gasteiger partial charge in [0.05, 0.1) is 12.3 Å². The van der Waals surface area contributed by atoms with Crippen molar-refractivity contribution in [2.75, 3.05) is 47.3 Å². The normalized spacial score (nSPS) is 22.0. The fourth-order valence-electron chi connectivity index (χ4n) is 3.92. The Morgan fingerprint density at radius 2 is 2.04 bits per heavy atom. The number of piperidine rings is 1. The summed E-state index contributed by atoms with van der Waals surface area (Å²) in [4.78, 5) is 19.1. The van der Waals surface area contributed by atoms with Crippen molar-refractivity contribution >= 4 is 6.03 Å².